The predicted molar refractivity (Wildman–Crippen MR) is 84.6 cm³/mol. The lowest BCUT2D eigenvalue weighted by atomic mass is 10.0. The molecule has 0 saturated heterocycles. The Kier molecular flexibility index (Phi) is 6.82. The van der Waals surface area contributed by atoms with Gasteiger partial charge >= 0.3 is 0 Å². The number of aliphatic hydroxyl groups is 2. The number of nitrogens with one attached hydrogen (secondary N) is 1. The van der Waals surface area contributed by atoms with Gasteiger partial charge in [0.05, 0.1) is 18.8 Å². The normalized spacial score (nSPS) is 15.7. The van der Waals surface area contributed by atoms with Crippen LogP contribution in [0.2, 0.25) is 0 Å². The second-order valence-corrected chi connectivity index (χ2v) is 6.19. The van der Waals surface area contributed by atoms with Gasteiger partial charge in [0.15, 0.2) is 0 Å². The first-order valence-corrected chi connectivity index (χ1v) is 8.03. The third-order valence-corrected chi connectivity index (χ3v) is 3.95. The van der Waals surface area contributed by atoms with Crippen molar-refractivity contribution in [2.75, 3.05) is 32.2 Å². The molecule has 0 fully saturated rings. The van der Waals surface area contributed by atoms with E-state index in [9.17, 15) is 10.2 Å². The lowest BCUT2D eigenvalue weighted by molar-refractivity contribution is 0.0784. The van der Waals surface area contributed by atoms with Crippen molar-refractivity contribution in [1.29, 1.82) is 0 Å². The minimum atomic E-state index is -0.768. The van der Waals surface area contributed by atoms with Gasteiger partial charge in [0.1, 0.15) is 5.75 Å². The molecular weight excluding hydrogens is 274 g/mol. The zero-order valence-electron chi connectivity index (χ0n) is 12.6. The van der Waals surface area contributed by atoms with Gasteiger partial charge in [-0.1, -0.05) is 11.6 Å². The number of ether oxygens (including phenoxy) is 1. The van der Waals surface area contributed by atoms with E-state index < -0.39 is 11.7 Å². The van der Waals surface area contributed by atoms with Gasteiger partial charge in [0.25, 0.3) is 0 Å². The Bertz CT molecular complexity index is 424. The number of benzene rings is 1. The van der Waals surface area contributed by atoms with E-state index in [0.717, 1.165) is 11.1 Å². The van der Waals surface area contributed by atoms with E-state index in [1.54, 1.807) is 25.8 Å². The summed E-state index contributed by atoms with van der Waals surface area (Å²) in [7, 11) is 1.59. The molecule has 20 heavy (non-hydrogen) atoms. The molecule has 0 spiro atoms. The van der Waals surface area contributed by atoms with Crippen molar-refractivity contribution in [1.82, 2.24) is 5.32 Å². The van der Waals surface area contributed by atoms with E-state index in [2.05, 4.69) is 5.32 Å². The molecule has 2 unspecified atom stereocenters. The molecule has 0 aromatic heterocycles. The van der Waals surface area contributed by atoms with E-state index in [-0.39, 0.29) is 0 Å². The summed E-state index contributed by atoms with van der Waals surface area (Å²) in [6.45, 7) is 4.59. The highest BCUT2D eigenvalue weighted by Gasteiger charge is 2.20. The first kappa shape index (κ1) is 17.3. The predicted octanol–water partition coefficient (Wildman–Crippen LogP) is 1.74. The molecule has 0 amide bonds. The summed E-state index contributed by atoms with van der Waals surface area (Å²) < 4.78 is 5.27. The lowest BCUT2D eigenvalue weighted by Gasteiger charge is -2.24. The van der Waals surface area contributed by atoms with E-state index in [1.807, 2.05) is 31.4 Å². The van der Waals surface area contributed by atoms with Crippen LogP contribution in [0.1, 0.15) is 24.2 Å². The second kappa shape index (κ2) is 7.88. The fourth-order valence-electron chi connectivity index (χ4n) is 2.06. The largest absolute Gasteiger partial charge is 0.496 e. The van der Waals surface area contributed by atoms with Gasteiger partial charge in [-0.15, -0.1) is 0 Å². The van der Waals surface area contributed by atoms with Crippen molar-refractivity contribution in [3.63, 3.8) is 0 Å². The number of methoxy groups -OCH3 is 1. The second-order valence-electron chi connectivity index (χ2n) is 5.32. The van der Waals surface area contributed by atoms with Gasteiger partial charge in [-0.3, -0.25) is 0 Å². The average Bonchev–Trinajstić information content (AvgIpc) is 2.38. The summed E-state index contributed by atoms with van der Waals surface area (Å²) in [5.41, 5.74) is 1.08. The molecule has 0 heterocycles. The highest BCUT2D eigenvalue weighted by Crippen LogP contribution is 2.25. The molecule has 5 heteroatoms. The molecule has 2 atom stereocenters. The molecule has 1 rings (SSSR count). The fraction of sp³-hybridized carbons (Fsp3) is 0.600. The minimum absolute atomic E-state index is 0.379. The highest BCUT2D eigenvalue weighted by atomic mass is 32.2. The zero-order valence-corrected chi connectivity index (χ0v) is 13.5. The van der Waals surface area contributed by atoms with Crippen molar-refractivity contribution < 1.29 is 14.9 Å². The molecule has 0 radical (unpaired) electrons. The minimum Gasteiger partial charge on any atom is -0.496 e. The number of thioether (sulfide) groups is 1. The molecule has 0 aliphatic rings. The zero-order chi connectivity index (χ0) is 15.2. The third kappa shape index (κ3) is 5.32. The Labute approximate surface area is 125 Å². The molecular formula is C15H25NO3S. The van der Waals surface area contributed by atoms with Crippen LogP contribution in [0.3, 0.4) is 0 Å². The molecule has 0 aliphatic heterocycles. The first-order valence-electron chi connectivity index (χ1n) is 6.64. The standard InChI is InChI=1S/C15H25NO3S/c1-11-5-6-14(19-3)12(7-11)13(17)8-16-9-15(2,18)10-20-4/h5-7,13,16-18H,8-10H2,1-4H3. The van der Waals surface area contributed by atoms with Gasteiger partial charge in [-0.25, -0.2) is 0 Å². The maximum Gasteiger partial charge on any atom is 0.124 e. The quantitative estimate of drug-likeness (QED) is 0.682. The summed E-state index contributed by atoms with van der Waals surface area (Å²) in [5, 5.41) is 23.4. The monoisotopic (exact) mass is 299 g/mol. The Morgan fingerprint density at radius 2 is 2.15 bits per heavy atom. The number of hydrogen-bond donors (Lipinski definition) is 3. The van der Waals surface area contributed by atoms with Gasteiger partial charge in [-0.05, 0) is 32.2 Å². The number of rotatable bonds is 8. The first-order chi connectivity index (χ1) is 9.39. The Hall–Kier alpha value is -0.750. The van der Waals surface area contributed by atoms with E-state index in [0.29, 0.717) is 24.6 Å². The van der Waals surface area contributed by atoms with Gasteiger partial charge in [-0.2, -0.15) is 11.8 Å². The van der Waals surface area contributed by atoms with Crippen LogP contribution >= 0.6 is 11.8 Å². The fourth-order valence-corrected chi connectivity index (χ4v) is 2.79. The summed E-state index contributed by atoms with van der Waals surface area (Å²) >= 11 is 1.60. The molecule has 3 N–H and O–H groups in total. The smallest absolute Gasteiger partial charge is 0.124 e. The number of aryl methyl sites for hydroxylation is 1. The van der Waals surface area contributed by atoms with Crippen molar-refractivity contribution in [3.05, 3.63) is 29.3 Å². The van der Waals surface area contributed by atoms with Gasteiger partial charge < -0.3 is 20.3 Å². The van der Waals surface area contributed by atoms with Crippen LogP contribution in [-0.2, 0) is 0 Å². The lowest BCUT2D eigenvalue weighted by Crippen LogP contribution is -2.41. The maximum atomic E-state index is 10.3. The Balaban J connectivity index is 2.59. The SMILES string of the molecule is COc1ccc(C)cc1C(O)CNCC(C)(O)CSC. The van der Waals surface area contributed by atoms with Gasteiger partial charge in [0.2, 0.25) is 0 Å². The van der Waals surface area contributed by atoms with Crippen LogP contribution < -0.4 is 10.1 Å². The van der Waals surface area contributed by atoms with Crippen LogP contribution in [-0.4, -0.2) is 48.0 Å². The van der Waals surface area contributed by atoms with E-state index in [1.165, 1.54) is 0 Å². The van der Waals surface area contributed by atoms with Crippen molar-refractivity contribution >= 4 is 11.8 Å². The summed E-state index contributed by atoms with van der Waals surface area (Å²) in [6, 6.07) is 5.73. The molecule has 1 aromatic rings. The molecule has 1 aromatic carbocycles. The number of hydrogen-bond acceptors (Lipinski definition) is 5. The number of aliphatic hydroxyl groups excluding tert-OH is 1. The van der Waals surface area contributed by atoms with E-state index >= 15 is 0 Å². The molecule has 4 nitrogen and oxygen atoms in total. The van der Waals surface area contributed by atoms with Crippen molar-refractivity contribution in [2.45, 2.75) is 25.6 Å². The molecule has 0 aliphatic carbocycles. The van der Waals surface area contributed by atoms with E-state index in [4.69, 9.17) is 4.74 Å². The Morgan fingerprint density at radius 1 is 1.45 bits per heavy atom. The molecule has 0 bridgehead atoms. The average molecular weight is 299 g/mol. The Morgan fingerprint density at radius 3 is 2.75 bits per heavy atom. The van der Waals surface area contributed by atoms with Gasteiger partial charge in [0, 0.05) is 24.4 Å². The summed E-state index contributed by atoms with van der Waals surface area (Å²) in [5.74, 6) is 1.34. The topological polar surface area (TPSA) is 61.7 Å². The third-order valence-electron chi connectivity index (χ3n) is 3.04. The van der Waals surface area contributed by atoms with Crippen LogP contribution in [0.5, 0.6) is 5.75 Å². The van der Waals surface area contributed by atoms with Crippen LogP contribution in [0.25, 0.3) is 0 Å². The summed E-state index contributed by atoms with van der Waals surface area (Å²) in [4.78, 5) is 0. The van der Waals surface area contributed by atoms with Crippen LogP contribution in [0.15, 0.2) is 18.2 Å². The molecule has 114 valence electrons. The highest BCUT2D eigenvalue weighted by molar-refractivity contribution is 7.98. The van der Waals surface area contributed by atoms with Crippen molar-refractivity contribution in [3.8, 4) is 5.75 Å². The summed E-state index contributed by atoms with van der Waals surface area (Å²) in [6.07, 6.45) is 1.30. The maximum absolute atomic E-state index is 10.3. The molecule has 0 saturated carbocycles. The van der Waals surface area contributed by atoms with Crippen LogP contribution in [0, 0.1) is 6.92 Å². The van der Waals surface area contributed by atoms with Crippen molar-refractivity contribution in [2.24, 2.45) is 0 Å². The van der Waals surface area contributed by atoms with Crippen LogP contribution in [0.4, 0.5) is 0 Å².